The van der Waals surface area contributed by atoms with Crippen molar-refractivity contribution in [1.29, 1.82) is 0 Å². The van der Waals surface area contributed by atoms with Gasteiger partial charge in [-0.05, 0) is 19.3 Å². The third-order valence-corrected chi connectivity index (χ3v) is 4.83. The minimum atomic E-state index is -4.37. The van der Waals surface area contributed by atoms with Crippen LogP contribution in [0.15, 0.2) is 46.2 Å². The number of hydrogen-bond donors (Lipinski definition) is 1. The van der Waals surface area contributed by atoms with Crippen LogP contribution in [0.4, 0.5) is 13.2 Å². The van der Waals surface area contributed by atoms with Gasteiger partial charge in [0.1, 0.15) is 0 Å². The third kappa shape index (κ3) is 2.61. The van der Waals surface area contributed by atoms with E-state index in [0.29, 0.717) is 11.1 Å². The van der Waals surface area contributed by atoms with Gasteiger partial charge in [0.2, 0.25) is 0 Å². The molecule has 5 nitrogen and oxygen atoms in total. The fourth-order valence-electron chi connectivity index (χ4n) is 3.48. The monoisotopic (exact) mass is 361 g/mol. The molecule has 0 aliphatic heterocycles. The van der Waals surface area contributed by atoms with Gasteiger partial charge in [0, 0.05) is 28.2 Å². The van der Waals surface area contributed by atoms with Crippen molar-refractivity contribution in [3.8, 4) is 5.69 Å². The SMILES string of the molecule is O=c1[nH]c2c(c(=O)n1-c1cncc3ccccc13)CC(C(F)(F)F)CC2. The second kappa shape index (κ2) is 5.82. The first-order valence-corrected chi connectivity index (χ1v) is 8.13. The number of aromatic nitrogens is 3. The third-order valence-electron chi connectivity index (χ3n) is 4.83. The minimum Gasteiger partial charge on any atom is -0.310 e. The van der Waals surface area contributed by atoms with E-state index < -0.39 is 29.8 Å². The highest BCUT2D eigenvalue weighted by atomic mass is 19.4. The molecular formula is C18H14F3N3O2. The molecular weight excluding hydrogens is 347 g/mol. The lowest BCUT2D eigenvalue weighted by molar-refractivity contribution is -0.177. The van der Waals surface area contributed by atoms with E-state index in [4.69, 9.17) is 0 Å². The molecule has 4 rings (SSSR count). The summed E-state index contributed by atoms with van der Waals surface area (Å²) < 4.78 is 40.1. The normalized spacial score (nSPS) is 17.3. The average Bonchev–Trinajstić information content (AvgIpc) is 2.61. The molecule has 0 spiro atoms. The van der Waals surface area contributed by atoms with Crippen LogP contribution in [0.25, 0.3) is 16.5 Å². The van der Waals surface area contributed by atoms with Crippen molar-refractivity contribution < 1.29 is 13.2 Å². The number of H-pyrrole nitrogens is 1. The first-order chi connectivity index (χ1) is 12.4. The molecule has 1 atom stereocenters. The fraction of sp³-hybridized carbons (Fsp3) is 0.278. The van der Waals surface area contributed by atoms with Crippen molar-refractivity contribution in [2.45, 2.75) is 25.4 Å². The van der Waals surface area contributed by atoms with Gasteiger partial charge in [0.15, 0.2) is 0 Å². The highest BCUT2D eigenvalue weighted by molar-refractivity contribution is 5.89. The number of halogens is 3. The molecule has 3 aromatic rings. The van der Waals surface area contributed by atoms with Gasteiger partial charge in [-0.25, -0.2) is 9.36 Å². The number of nitrogens with one attached hydrogen (secondary N) is 1. The Morgan fingerprint density at radius 3 is 2.69 bits per heavy atom. The number of benzene rings is 1. The Hall–Kier alpha value is -2.90. The topological polar surface area (TPSA) is 67.8 Å². The number of pyridine rings is 1. The van der Waals surface area contributed by atoms with Crippen LogP contribution in [0, 0.1) is 5.92 Å². The number of nitrogens with zero attached hydrogens (tertiary/aromatic N) is 2. The average molecular weight is 361 g/mol. The van der Waals surface area contributed by atoms with Crippen LogP contribution >= 0.6 is 0 Å². The highest BCUT2D eigenvalue weighted by Crippen LogP contribution is 2.35. The van der Waals surface area contributed by atoms with E-state index >= 15 is 0 Å². The summed E-state index contributed by atoms with van der Waals surface area (Å²) in [6.45, 7) is 0. The van der Waals surface area contributed by atoms with E-state index in [2.05, 4.69) is 9.97 Å². The Labute approximate surface area is 145 Å². The molecule has 2 aromatic heterocycles. The molecule has 0 amide bonds. The maximum atomic E-state index is 13.1. The smallest absolute Gasteiger partial charge is 0.310 e. The second-order valence-corrected chi connectivity index (χ2v) is 6.39. The van der Waals surface area contributed by atoms with Crippen molar-refractivity contribution in [3.63, 3.8) is 0 Å². The zero-order valence-corrected chi connectivity index (χ0v) is 13.5. The maximum Gasteiger partial charge on any atom is 0.392 e. The number of aryl methyl sites for hydroxylation is 1. The second-order valence-electron chi connectivity index (χ2n) is 6.39. The van der Waals surface area contributed by atoms with Gasteiger partial charge in [-0.1, -0.05) is 24.3 Å². The van der Waals surface area contributed by atoms with Crippen LogP contribution in [-0.4, -0.2) is 20.7 Å². The maximum absolute atomic E-state index is 13.1. The van der Waals surface area contributed by atoms with E-state index in [1.807, 2.05) is 0 Å². The summed E-state index contributed by atoms with van der Waals surface area (Å²) in [7, 11) is 0. The zero-order valence-electron chi connectivity index (χ0n) is 13.5. The number of alkyl halides is 3. The molecule has 2 heterocycles. The zero-order chi connectivity index (χ0) is 18.5. The van der Waals surface area contributed by atoms with Crippen LogP contribution in [0.5, 0.6) is 0 Å². The standard InChI is InChI=1S/C18H14F3N3O2/c19-18(20,21)11-5-6-14-13(7-11)16(25)24(17(26)23-14)15-9-22-8-10-3-1-2-4-12(10)15/h1-4,8-9,11H,5-7H2,(H,23,26). The van der Waals surface area contributed by atoms with Crippen LogP contribution in [0.2, 0.25) is 0 Å². The Morgan fingerprint density at radius 1 is 1.15 bits per heavy atom. The lowest BCUT2D eigenvalue weighted by atomic mass is 9.86. The Balaban J connectivity index is 1.94. The Morgan fingerprint density at radius 2 is 1.92 bits per heavy atom. The van der Waals surface area contributed by atoms with Gasteiger partial charge >= 0.3 is 11.9 Å². The quantitative estimate of drug-likeness (QED) is 0.725. The minimum absolute atomic E-state index is 0.0195. The molecule has 0 saturated heterocycles. The molecule has 0 bridgehead atoms. The van der Waals surface area contributed by atoms with Crippen LogP contribution in [0.3, 0.4) is 0 Å². The largest absolute Gasteiger partial charge is 0.392 e. The van der Waals surface area contributed by atoms with Crippen molar-refractivity contribution in [2.75, 3.05) is 0 Å². The molecule has 134 valence electrons. The Kier molecular flexibility index (Phi) is 3.71. The molecule has 1 aliphatic carbocycles. The van der Waals surface area contributed by atoms with Gasteiger partial charge in [-0.15, -0.1) is 0 Å². The number of aromatic amines is 1. The number of rotatable bonds is 1. The predicted octanol–water partition coefficient (Wildman–Crippen LogP) is 2.74. The Bertz CT molecular complexity index is 1110. The summed E-state index contributed by atoms with van der Waals surface area (Å²) in [5.74, 6) is -1.58. The number of hydrogen-bond acceptors (Lipinski definition) is 3. The summed E-state index contributed by atoms with van der Waals surface area (Å²) in [6.07, 6.45) is -1.94. The van der Waals surface area contributed by atoms with Gasteiger partial charge in [0.25, 0.3) is 5.56 Å². The molecule has 1 aliphatic rings. The molecule has 0 radical (unpaired) electrons. The molecule has 26 heavy (non-hydrogen) atoms. The van der Waals surface area contributed by atoms with E-state index in [0.717, 1.165) is 9.95 Å². The summed E-state index contributed by atoms with van der Waals surface area (Å²) >= 11 is 0. The van der Waals surface area contributed by atoms with Crippen LogP contribution < -0.4 is 11.2 Å². The van der Waals surface area contributed by atoms with E-state index in [-0.39, 0.29) is 24.1 Å². The van der Waals surface area contributed by atoms with Gasteiger partial charge < -0.3 is 4.98 Å². The first-order valence-electron chi connectivity index (χ1n) is 8.13. The van der Waals surface area contributed by atoms with E-state index in [9.17, 15) is 22.8 Å². The number of fused-ring (bicyclic) bond motifs is 2. The molecule has 1 N–H and O–H groups in total. The summed E-state index contributed by atoms with van der Waals surface area (Å²) in [6, 6.07) is 7.06. The first kappa shape index (κ1) is 16.6. The molecule has 1 unspecified atom stereocenters. The summed E-state index contributed by atoms with van der Waals surface area (Å²) in [5, 5.41) is 1.35. The predicted molar refractivity (Wildman–Crippen MR) is 89.5 cm³/mol. The van der Waals surface area contributed by atoms with Gasteiger partial charge in [-0.3, -0.25) is 9.78 Å². The van der Waals surface area contributed by atoms with Crippen molar-refractivity contribution in [1.82, 2.24) is 14.5 Å². The summed E-state index contributed by atoms with van der Waals surface area (Å²) in [5.41, 5.74) is -0.810. The van der Waals surface area contributed by atoms with Crippen molar-refractivity contribution >= 4 is 10.8 Å². The summed E-state index contributed by atoms with van der Waals surface area (Å²) in [4.78, 5) is 32.0. The van der Waals surface area contributed by atoms with Crippen molar-refractivity contribution in [3.05, 3.63) is 68.8 Å². The lowest BCUT2D eigenvalue weighted by Gasteiger charge is -2.26. The molecule has 1 aromatic carbocycles. The highest BCUT2D eigenvalue weighted by Gasteiger charge is 2.42. The van der Waals surface area contributed by atoms with Gasteiger partial charge in [-0.2, -0.15) is 13.2 Å². The lowest BCUT2D eigenvalue weighted by Crippen LogP contribution is -2.41. The van der Waals surface area contributed by atoms with Crippen molar-refractivity contribution in [2.24, 2.45) is 5.92 Å². The van der Waals surface area contributed by atoms with Crippen LogP contribution in [-0.2, 0) is 12.8 Å². The van der Waals surface area contributed by atoms with Crippen LogP contribution in [0.1, 0.15) is 17.7 Å². The van der Waals surface area contributed by atoms with E-state index in [1.54, 1.807) is 30.5 Å². The fourth-order valence-corrected chi connectivity index (χ4v) is 3.48. The molecule has 0 saturated carbocycles. The van der Waals surface area contributed by atoms with E-state index in [1.165, 1.54) is 6.20 Å². The molecule has 8 heteroatoms. The molecule has 0 fully saturated rings. The van der Waals surface area contributed by atoms with Gasteiger partial charge in [0.05, 0.1) is 17.8 Å².